The number of rotatable bonds is 53. The Balaban J connectivity index is 2.22. The number of unbranched alkanes of at least 4 members (excludes halogenated alkanes) is 37. The highest BCUT2D eigenvalue weighted by atomic mass is 16.7. The predicted molar refractivity (Wildman–Crippen MR) is 304 cm³/mol. The summed E-state index contributed by atoms with van der Waals surface area (Å²) in [6.45, 7) is 3.79. The SMILES string of the molecule is CCCCCCCCCCCCCC/C=C\CCCCCCCCCCCCCC(=O)NC(COC1OC(CO)C(O)C(O)C1O)C(O)/C=C/CC/C=C/CC/C=C/CCCCCCCCCCCCCC. The average molecular weight is 1020 g/mol. The Morgan fingerprint density at radius 2 is 0.792 bits per heavy atom. The topological polar surface area (TPSA) is 149 Å². The van der Waals surface area contributed by atoms with E-state index in [9.17, 15) is 30.3 Å². The first-order valence-electron chi connectivity index (χ1n) is 30.9. The standard InChI is InChI=1S/C63H117NO8/c1-3-5-7-9-11-13-15-17-19-21-23-25-27-28-29-30-31-33-35-37-39-41-43-45-47-49-51-53-59(67)64-56(55-71-63-62(70)61(69)60(68)58(54-65)72-63)57(66)52-50-48-46-44-42-40-38-36-34-32-26-24-22-20-18-16-14-12-10-8-6-4-2/h28-29,34,36,42,44,50,52,56-58,60-63,65-66,68-70H,3-27,30-33,35,37-41,43,45-49,51,53-55H2,1-2H3,(H,64,67)/b29-28-,36-34+,44-42+,52-50+. The largest absolute Gasteiger partial charge is 0.394 e. The number of allylic oxidation sites excluding steroid dienone is 7. The van der Waals surface area contributed by atoms with Gasteiger partial charge in [0.05, 0.1) is 25.4 Å². The Bertz CT molecular complexity index is 1270. The Morgan fingerprint density at radius 3 is 1.17 bits per heavy atom. The van der Waals surface area contributed by atoms with Crippen LogP contribution < -0.4 is 5.32 Å². The highest BCUT2D eigenvalue weighted by molar-refractivity contribution is 5.76. The molecule has 0 aromatic rings. The van der Waals surface area contributed by atoms with E-state index in [1.54, 1.807) is 6.08 Å². The highest BCUT2D eigenvalue weighted by Gasteiger charge is 2.44. The second-order valence-corrected chi connectivity index (χ2v) is 21.5. The van der Waals surface area contributed by atoms with Gasteiger partial charge in [-0.05, 0) is 70.6 Å². The van der Waals surface area contributed by atoms with Gasteiger partial charge in [0.15, 0.2) is 6.29 Å². The molecule has 0 saturated carbocycles. The van der Waals surface area contributed by atoms with Crippen molar-refractivity contribution in [2.75, 3.05) is 13.2 Å². The number of aliphatic hydroxyl groups is 5. The number of ether oxygens (including phenoxy) is 2. The van der Waals surface area contributed by atoms with Crippen molar-refractivity contribution in [2.45, 2.75) is 333 Å². The lowest BCUT2D eigenvalue weighted by Crippen LogP contribution is -2.60. The Morgan fingerprint density at radius 1 is 0.458 bits per heavy atom. The van der Waals surface area contributed by atoms with E-state index in [0.717, 1.165) is 44.9 Å². The zero-order valence-corrected chi connectivity index (χ0v) is 46.9. The van der Waals surface area contributed by atoms with E-state index in [0.29, 0.717) is 6.42 Å². The molecule has 1 amide bonds. The van der Waals surface area contributed by atoms with E-state index in [2.05, 4.69) is 55.6 Å². The lowest BCUT2D eigenvalue weighted by molar-refractivity contribution is -0.302. The van der Waals surface area contributed by atoms with Crippen molar-refractivity contribution < 1.29 is 39.8 Å². The van der Waals surface area contributed by atoms with Crippen LogP contribution in [-0.2, 0) is 14.3 Å². The van der Waals surface area contributed by atoms with Gasteiger partial charge in [0.1, 0.15) is 24.4 Å². The van der Waals surface area contributed by atoms with Gasteiger partial charge in [0.2, 0.25) is 5.91 Å². The summed E-state index contributed by atoms with van der Waals surface area (Å²) in [4.78, 5) is 13.1. The van der Waals surface area contributed by atoms with Crippen LogP contribution in [-0.4, -0.2) is 87.5 Å². The number of amides is 1. The fourth-order valence-corrected chi connectivity index (χ4v) is 9.72. The van der Waals surface area contributed by atoms with Gasteiger partial charge in [-0.2, -0.15) is 0 Å². The molecule has 9 nitrogen and oxygen atoms in total. The summed E-state index contributed by atoms with van der Waals surface area (Å²) in [6, 6.07) is -0.830. The lowest BCUT2D eigenvalue weighted by atomic mass is 9.99. The Kier molecular flexibility index (Phi) is 49.8. The summed E-state index contributed by atoms with van der Waals surface area (Å²) in [5.41, 5.74) is 0. The minimum absolute atomic E-state index is 0.189. The van der Waals surface area contributed by atoms with Crippen molar-refractivity contribution in [2.24, 2.45) is 0 Å². The van der Waals surface area contributed by atoms with Gasteiger partial charge in [-0.3, -0.25) is 4.79 Å². The Labute approximate surface area is 444 Å². The minimum atomic E-state index is -1.58. The number of aliphatic hydroxyl groups excluding tert-OH is 5. The van der Waals surface area contributed by atoms with Gasteiger partial charge in [0.25, 0.3) is 0 Å². The third-order valence-electron chi connectivity index (χ3n) is 14.6. The van der Waals surface area contributed by atoms with Crippen LogP contribution in [0.15, 0.2) is 48.6 Å². The molecule has 1 aliphatic rings. The zero-order valence-electron chi connectivity index (χ0n) is 46.9. The summed E-state index contributed by atoms with van der Waals surface area (Å²) in [6.07, 6.45) is 63.3. The van der Waals surface area contributed by atoms with Crippen LogP contribution in [0, 0.1) is 0 Å². The molecule has 1 rings (SSSR count). The Hall–Kier alpha value is -1.85. The smallest absolute Gasteiger partial charge is 0.220 e. The number of nitrogens with one attached hydrogen (secondary N) is 1. The maximum absolute atomic E-state index is 13.1. The first-order valence-corrected chi connectivity index (χ1v) is 30.9. The highest BCUT2D eigenvalue weighted by Crippen LogP contribution is 2.23. The fourth-order valence-electron chi connectivity index (χ4n) is 9.72. The van der Waals surface area contributed by atoms with Gasteiger partial charge in [0, 0.05) is 6.42 Å². The molecule has 1 fully saturated rings. The minimum Gasteiger partial charge on any atom is -0.394 e. The third kappa shape index (κ3) is 41.4. The molecule has 0 spiro atoms. The van der Waals surface area contributed by atoms with Crippen LogP contribution in [0.3, 0.4) is 0 Å². The van der Waals surface area contributed by atoms with Crippen LogP contribution in [0.2, 0.25) is 0 Å². The van der Waals surface area contributed by atoms with E-state index < -0.39 is 49.5 Å². The maximum atomic E-state index is 13.1. The number of carbonyl (C=O) groups is 1. The monoisotopic (exact) mass is 1020 g/mol. The van der Waals surface area contributed by atoms with Crippen molar-refractivity contribution in [3.05, 3.63) is 48.6 Å². The lowest BCUT2D eigenvalue weighted by Gasteiger charge is -2.40. The maximum Gasteiger partial charge on any atom is 0.220 e. The average Bonchev–Trinajstić information content (AvgIpc) is 3.38. The van der Waals surface area contributed by atoms with Crippen LogP contribution in [0.25, 0.3) is 0 Å². The summed E-state index contributed by atoms with van der Waals surface area (Å²) >= 11 is 0. The van der Waals surface area contributed by atoms with E-state index in [1.165, 1.54) is 225 Å². The van der Waals surface area contributed by atoms with Crippen LogP contribution in [0.4, 0.5) is 0 Å². The second-order valence-electron chi connectivity index (χ2n) is 21.5. The van der Waals surface area contributed by atoms with Gasteiger partial charge in [-0.25, -0.2) is 0 Å². The number of hydrogen-bond donors (Lipinski definition) is 6. The van der Waals surface area contributed by atoms with Gasteiger partial charge in [-0.1, -0.05) is 262 Å². The first-order chi connectivity index (χ1) is 35.3. The van der Waals surface area contributed by atoms with Crippen molar-refractivity contribution in [1.29, 1.82) is 0 Å². The van der Waals surface area contributed by atoms with E-state index in [-0.39, 0.29) is 12.5 Å². The van der Waals surface area contributed by atoms with Crippen LogP contribution in [0.1, 0.15) is 290 Å². The van der Waals surface area contributed by atoms with Crippen molar-refractivity contribution >= 4 is 5.91 Å². The summed E-state index contributed by atoms with van der Waals surface area (Å²) in [5, 5.41) is 54.6. The summed E-state index contributed by atoms with van der Waals surface area (Å²) < 4.78 is 11.3. The molecule has 0 radical (unpaired) electrons. The molecular formula is C63H117NO8. The zero-order chi connectivity index (χ0) is 52.2. The molecule has 0 aromatic heterocycles. The van der Waals surface area contributed by atoms with Gasteiger partial charge >= 0.3 is 0 Å². The molecule has 0 aromatic carbocycles. The fraction of sp³-hybridized carbons (Fsp3) is 0.857. The van der Waals surface area contributed by atoms with Crippen molar-refractivity contribution in [1.82, 2.24) is 5.32 Å². The molecule has 6 N–H and O–H groups in total. The molecule has 1 saturated heterocycles. The number of carbonyl (C=O) groups excluding carboxylic acids is 1. The second kappa shape index (κ2) is 52.6. The van der Waals surface area contributed by atoms with Crippen LogP contribution >= 0.6 is 0 Å². The summed E-state index contributed by atoms with van der Waals surface area (Å²) in [5.74, 6) is -0.189. The van der Waals surface area contributed by atoms with Crippen molar-refractivity contribution in [3.63, 3.8) is 0 Å². The van der Waals surface area contributed by atoms with E-state index >= 15 is 0 Å². The molecule has 7 unspecified atom stereocenters. The molecule has 0 bridgehead atoms. The third-order valence-corrected chi connectivity index (χ3v) is 14.6. The molecular weight excluding hydrogens is 899 g/mol. The predicted octanol–water partition coefficient (Wildman–Crippen LogP) is 15.7. The summed E-state index contributed by atoms with van der Waals surface area (Å²) in [7, 11) is 0. The van der Waals surface area contributed by atoms with Crippen molar-refractivity contribution in [3.8, 4) is 0 Å². The van der Waals surface area contributed by atoms with E-state index in [1.807, 2.05) is 6.08 Å². The van der Waals surface area contributed by atoms with Gasteiger partial charge in [-0.15, -0.1) is 0 Å². The molecule has 0 aliphatic carbocycles. The molecule has 72 heavy (non-hydrogen) atoms. The molecule has 7 atom stereocenters. The quantitative estimate of drug-likeness (QED) is 0.0261. The normalized spacial score (nSPS) is 19.5. The van der Waals surface area contributed by atoms with E-state index in [4.69, 9.17) is 9.47 Å². The molecule has 422 valence electrons. The molecule has 9 heteroatoms. The number of hydrogen-bond acceptors (Lipinski definition) is 8. The van der Waals surface area contributed by atoms with Crippen LogP contribution in [0.5, 0.6) is 0 Å². The first kappa shape index (κ1) is 68.2. The molecule has 1 aliphatic heterocycles. The van der Waals surface area contributed by atoms with Gasteiger partial charge < -0.3 is 40.3 Å². The molecule has 1 heterocycles.